The fourth-order valence-electron chi connectivity index (χ4n) is 8.19. The van der Waals surface area contributed by atoms with Gasteiger partial charge in [0.15, 0.2) is 5.11 Å². The molecule has 20 heteroatoms. The average Bonchev–Trinajstić information content (AvgIpc) is 3.98. The quantitative estimate of drug-likeness (QED) is 0.0593. The first kappa shape index (κ1) is 53.4. The molecule has 3 aromatic carbocycles. The van der Waals surface area contributed by atoms with Crippen LogP contribution in [0.5, 0.6) is 5.75 Å². The van der Waals surface area contributed by atoms with Crippen molar-refractivity contribution in [3.8, 4) is 22.3 Å². The van der Waals surface area contributed by atoms with Gasteiger partial charge in [0.2, 0.25) is 17.7 Å². The molecule has 2 saturated heterocycles. The van der Waals surface area contributed by atoms with Crippen LogP contribution in [0, 0.1) is 23.7 Å². The Balaban J connectivity index is 0.867. The maximum absolute atomic E-state index is 13.9. The number of alkyl halides is 3. The van der Waals surface area contributed by atoms with Gasteiger partial charge in [0.1, 0.15) is 30.0 Å². The zero-order valence-corrected chi connectivity index (χ0v) is 41.6. The van der Waals surface area contributed by atoms with Gasteiger partial charge >= 0.3 is 6.18 Å². The first-order chi connectivity index (χ1) is 33.1. The molecule has 2 aliphatic heterocycles. The Hall–Kier alpha value is -5.98. The highest BCUT2D eigenvalue weighted by atomic mass is 32.1. The molecule has 6 rings (SSSR count). The lowest BCUT2D eigenvalue weighted by Crippen LogP contribution is -2.58. The predicted octanol–water partition coefficient (Wildman–Crippen LogP) is 7.32. The van der Waals surface area contributed by atoms with Gasteiger partial charge in [-0.2, -0.15) is 18.4 Å². The van der Waals surface area contributed by atoms with Gasteiger partial charge < -0.3 is 39.8 Å². The standard InChI is InChI=1S/C50H58F3N7O8S2/c1-31-42(70-30-56-31)33-12-10-32(11-13-33)27-55-44(63)40-25-37(61)28-58(40)45(64)43(48(2,3)4)57-41(62)29-67-23-22-66-20-8-7-9-21-68-38-18-16-35(17-19-38)60-47(69)59(46(65)49(60,5)6)36-15-14-34(26-54)39(24-36)50(51,52)53/h10-19,24,30,37,40,43,61H,7-9,20-23,25,27-29H2,1-6H3,(H,55,63)(H,57,62)/t37-,40+,43?/m1/s1. The van der Waals surface area contributed by atoms with Crippen molar-refractivity contribution in [2.45, 2.75) is 104 Å². The highest BCUT2D eigenvalue weighted by Crippen LogP contribution is 2.40. The highest BCUT2D eigenvalue weighted by molar-refractivity contribution is 7.81. The van der Waals surface area contributed by atoms with E-state index in [1.54, 1.807) is 65.9 Å². The van der Waals surface area contributed by atoms with Gasteiger partial charge in [0, 0.05) is 31.8 Å². The first-order valence-corrected chi connectivity index (χ1v) is 24.1. The number of aliphatic hydroxyl groups excluding tert-OH is 1. The van der Waals surface area contributed by atoms with E-state index in [1.807, 2.05) is 52.0 Å². The Labute approximate surface area is 414 Å². The number of unbranched alkanes of at least 4 members (excludes halogenated alkanes) is 2. The lowest BCUT2D eigenvalue weighted by Gasteiger charge is -2.35. The van der Waals surface area contributed by atoms with Gasteiger partial charge in [-0.1, -0.05) is 45.0 Å². The van der Waals surface area contributed by atoms with Crippen molar-refractivity contribution in [2.24, 2.45) is 5.41 Å². The van der Waals surface area contributed by atoms with Gasteiger partial charge in [-0.3, -0.25) is 24.1 Å². The lowest BCUT2D eigenvalue weighted by atomic mass is 9.85. The summed E-state index contributed by atoms with van der Waals surface area (Å²) in [5.74, 6) is -1.31. The first-order valence-electron chi connectivity index (χ1n) is 22.8. The number of aromatic nitrogens is 1. The van der Waals surface area contributed by atoms with Crippen LogP contribution in [0.1, 0.15) is 82.7 Å². The molecule has 2 aliphatic rings. The average molecular weight is 1010 g/mol. The van der Waals surface area contributed by atoms with E-state index >= 15 is 0 Å². The molecule has 374 valence electrons. The van der Waals surface area contributed by atoms with E-state index in [-0.39, 0.29) is 50.1 Å². The van der Waals surface area contributed by atoms with Crippen LogP contribution >= 0.6 is 23.6 Å². The zero-order chi connectivity index (χ0) is 51.0. The van der Waals surface area contributed by atoms with E-state index in [4.69, 9.17) is 26.4 Å². The van der Waals surface area contributed by atoms with E-state index in [0.29, 0.717) is 24.7 Å². The van der Waals surface area contributed by atoms with Crippen molar-refractivity contribution in [3.63, 3.8) is 0 Å². The second-order valence-corrected chi connectivity index (χ2v) is 19.9. The van der Waals surface area contributed by atoms with Gasteiger partial charge in [-0.05, 0) is 111 Å². The number of hydrogen-bond acceptors (Lipinski definition) is 12. The maximum Gasteiger partial charge on any atom is 0.417 e. The molecule has 70 heavy (non-hydrogen) atoms. The lowest BCUT2D eigenvalue weighted by molar-refractivity contribution is -0.144. The number of aliphatic hydroxyl groups is 1. The summed E-state index contributed by atoms with van der Waals surface area (Å²) in [6.45, 7) is 11.8. The Morgan fingerprint density at radius 3 is 2.29 bits per heavy atom. The number of benzene rings is 3. The second-order valence-electron chi connectivity index (χ2n) is 18.7. The number of thiocarbonyl (C=S) groups is 1. The molecule has 15 nitrogen and oxygen atoms in total. The summed E-state index contributed by atoms with van der Waals surface area (Å²) in [6.07, 6.45) is -3.33. The van der Waals surface area contributed by atoms with Crippen LogP contribution in [0.3, 0.4) is 0 Å². The number of nitrogens with zero attached hydrogens (tertiary/aromatic N) is 5. The normalized spacial score (nSPS) is 17.4. The number of halogens is 3. The third-order valence-corrected chi connectivity index (χ3v) is 13.3. The summed E-state index contributed by atoms with van der Waals surface area (Å²) in [4.78, 5) is 63.2. The molecule has 3 atom stereocenters. The van der Waals surface area contributed by atoms with Crippen LogP contribution in [-0.2, 0) is 41.4 Å². The number of nitriles is 1. The molecule has 4 aromatic rings. The largest absolute Gasteiger partial charge is 0.494 e. The molecule has 0 saturated carbocycles. The number of likely N-dealkylation sites (tertiary alicyclic amines) is 1. The number of ether oxygens (including phenoxy) is 3. The minimum atomic E-state index is -4.80. The molecule has 1 aromatic heterocycles. The maximum atomic E-state index is 13.9. The molecule has 1 unspecified atom stereocenters. The smallest absolute Gasteiger partial charge is 0.417 e. The molecule has 0 bridgehead atoms. The van der Waals surface area contributed by atoms with E-state index in [2.05, 4.69) is 15.6 Å². The van der Waals surface area contributed by atoms with E-state index in [9.17, 15) is 42.7 Å². The highest BCUT2D eigenvalue weighted by Gasteiger charge is 2.51. The third kappa shape index (κ3) is 12.9. The fourth-order valence-corrected chi connectivity index (χ4v) is 9.53. The van der Waals surface area contributed by atoms with Crippen LogP contribution in [0.2, 0.25) is 0 Å². The molecule has 4 amide bonds. The predicted molar refractivity (Wildman–Crippen MR) is 262 cm³/mol. The van der Waals surface area contributed by atoms with Crippen LogP contribution in [-0.4, -0.2) is 107 Å². The summed E-state index contributed by atoms with van der Waals surface area (Å²) in [5.41, 5.74) is 1.46. The van der Waals surface area contributed by atoms with E-state index in [1.165, 1.54) is 11.0 Å². The van der Waals surface area contributed by atoms with Crippen molar-refractivity contribution in [1.82, 2.24) is 20.5 Å². The van der Waals surface area contributed by atoms with Crippen LogP contribution in [0.4, 0.5) is 24.5 Å². The number of carbonyl (C=O) groups excluding carboxylic acids is 4. The van der Waals surface area contributed by atoms with E-state index in [0.717, 1.165) is 58.0 Å². The van der Waals surface area contributed by atoms with Gasteiger partial charge in [0.05, 0.1) is 64.9 Å². The molecule has 0 spiro atoms. The number of amides is 4. The number of aryl methyl sites for hydroxylation is 1. The fraction of sp³-hybridized carbons (Fsp3) is 0.460. The number of thiazole rings is 1. The number of carbonyl (C=O) groups is 4. The van der Waals surface area contributed by atoms with Crippen molar-refractivity contribution in [2.75, 3.05) is 49.4 Å². The summed E-state index contributed by atoms with van der Waals surface area (Å²) < 4.78 is 58.2. The minimum absolute atomic E-state index is 0.00479. The monoisotopic (exact) mass is 1010 g/mol. The van der Waals surface area contributed by atoms with Crippen LogP contribution in [0.25, 0.3) is 10.4 Å². The van der Waals surface area contributed by atoms with E-state index < -0.39 is 70.1 Å². The number of anilines is 2. The number of hydrogen-bond donors (Lipinski definition) is 3. The van der Waals surface area contributed by atoms with Crippen molar-refractivity contribution < 1.29 is 51.7 Å². The van der Waals surface area contributed by atoms with Crippen molar-refractivity contribution in [1.29, 1.82) is 5.26 Å². The molecular formula is C50H58F3N7O8S2. The van der Waals surface area contributed by atoms with Gasteiger partial charge in [0.25, 0.3) is 5.91 Å². The number of rotatable bonds is 20. The van der Waals surface area contributed by atoms with Gasteiger partial charge in [-0.25, -0.2) is 4.98 Å². The second kappa shape index (κ2) is 22.8. The zero-order valence-electron chi connectivity index (χ0n) is 39.9. The summed E-state index contributed by atoms with van der Waals surface area (Å²) in [6, 6.07) is 17.4. The SMILES string of the molecule is Cc1ncsc1-c1ccc(CNC(=O)[C@@H]2C[C@@H](O)CN2C(=O)C(NC(=O)COCCOCCCCCOc2ccc(N3C(=S)N(c4ccc(C#N)c(C(F)(F)F)c4)C(=O)C3(C)C)cc2)C(C)(C)C)cc1. The van der Waals surface area contributed by atoms with Crippen LogP contribution < -0.4 is 25.2 Å². The van der Waals surface area contributed by atoms with Crippen molar-refractivity contribution >= 4 is 63.7 Å². The Morgan fingerprint density at radius 1 is 0.971 bits per heavy atom. The van der Waals surface area contributed by atoms with Crippen LogP contribution in [0.15, 0.2) is 72.2 Å². The number of β-amino-alcohol motifs (C(OH)–C–C–N with tert-alkyl or cyclic N) is 1. The molecule has 0 radical (unpaired) electrons. The Morgan fingerprint density at radius 2 is 1.64 bits per heavy atom. The third-order valence-electron chi connectivity index (χ3n) is 12.0. The Bertz CT molecular complexity index is 2560. The summed E-state index contributed by atoms with van der Waals surface area (Å²) in [7, 11) is 0. The number of nitrogens with one attached hydrogen (secondary N) is 2. The molecular weight excluding hydrogens is 948 g/mol. The summed E-state index contributed by atoms with van der Waals surface area (Å²) >= 11 is 7.18. The summed E-state index contributed by atoms with van der Waals surface area (Å²) in [5, 5.41) is 25.4. The molecule has 3 heterocycles. The molecule has 0 aliphatic carbocycles. The Kier molecular flexibility index (Phi) is 17.4. The minimum Gasteiger partial charge on any atom is -0.494 e. The topological polar surface area (TPSA) is 187 Å². The molecule has 3 N–H and O–H groups in total. The molecule has 2 fully saturated rings. The van der Waals surface area contributed by atoms with Crippen molar-refractivity contribution in [3.05, 3.63) is 94.6 Å². The van der Waals surface area contributed by atoms with Gasteiger partial charge in [-0.15, -0.1) is 11.3 Å².